The van der Waals surface area contributed by atoms with E-state index < -0.39 is 0 Å². The van der Waals surface area contributed by atoms with Gasteiger partial charge in [-0.3, -0.25) is 4.79 Å². The van der Waals surface area contributed by atoms with Gasteiger partial charge in [0.2, 0.25) is 5.91 Å². The molecule has 1 heterocycles. The molecule has 2 N–H and O–H groups in total. The van der Waals surface area contributed by atoms with Crippen molar-refractivity contribution < 1.29 is 9.53 Å². The fourth-order valence-corrected chi connectivity index (χ4v) is 3.24. The highest BCUT2D eigenvalue weighted by Crippen LogP contribution is 2.29. The number of rotatable bonds is 3. The molecule has 4 unspecified atom stereocenters. The summed E-state index contributed by atoms with van der Waals surface area (Å²) in [6.45, 7) is 3.77. The normalized spacial score (nSPS) is 35.9. The third-order valence-electron chi connectivity index (χ3n) is 4.74. The molecule has 1 aliphatic carbocycles. The number of carbonyl (C=O) groups excluding carboxylic acids is 1. The minimum absolute atomic E-state index is 0.125. The Bertz CT molecular complexity index is 303. The lowest BCUT2D eigenvalue weighted by atomic mass is 9.79. The molecule has 0 aromatic rings. The van der Waals surface area contributed by atoms with Crippen molar-refractivity contribution in [1.82, 2.24) is 4.90 Å². The van der Waals surface area contributed by atoms with Gasteiger partial charge < -0.3 is 15.4 Å². The van der Waals surface area contributed by atoms with Crippen molar-refractivity contribution in [2.24, 2.45) is 17.6 Å². The van der Waals surface area contributed by atoms with Crippen LogP contribution < -0.4 is 5.73 Å². The summed E-state index contributed by atoms with van der Waals surface area (Å²) in [5.41, 5.74) is 6.10. The van der Waals surface area contributed by atoms with E-state index in [0.29, 0.717) is 5.92 Å². The topological polar surface area (TPSA) is 55.6 Å². The Labute approximate surface area is 116 Å². The van der Waals surface area contributed by atoms with Crippen LogP contribution in [0, 0.1) is 11.8 Å². The number of likely N-dealkylation sites (N-methyl/N-ethyl adjacent to an activating group) is 1. The quantitative estimate of drug-likeness (QED) is 0.849. The summed E-state index contributed by atoms with van der Waals surface area (Å²) in [7, 11) is 1.91. The van der Waals surface area contributed by atoms with Crippen molar-refractivity contribution in [3.8, 4) is 0 Å². The Morgan fingerprint density at radius 2 is 2.11 bits per heavy atom. The van der Waals surface area contributed by atoms with Crippen molar-refractivity contribution in [3.05, 3.63) is 0 Å². The SMILES string of the molecule is CC1CCC(C(=O)N(C)CC2CCCCO2)CC1N. The molecule has 1 aliphatic heterocycles. The molecule has 0 aromatic carbocycles. The van der Waals surface area contributed by atoms with Crippen LogP contribution in [0.2, 0.25) is 0 Å². The molecule has 4 heteroatoms. The molecule has 0 spiro atoms. The first kappa shape index (κ1) is 14.8. The Morgan fingerprint density at radius 3 is 2.74 bits per heavy atom. The summed E-state index contributed by atoms with van der Waals surface area (Å²) >= 11 is 0. The van der Waals surface area contributed by atoms with Crippen LogP contribution in [0.4, 0.5) is 0 Å². The number of carbonyl (C=O) groups is 1. The molecule has 4 nitrogen and oxygen atoms in total. The molecule has 2 fully saturated rings. The molecule has 4 atom stereocenters. The smallest absolute Gasteiger partial charge is 0.225 e. The molecule has 0 radical (unpaired) electrons. The first-order valence-electron chi connectivity index (χ1n) is 7.70. The molecule has 19 heavy (non-hydrogen) atoms. The molecular weight excluding hydrogens is 240 g/mol. The average molecular weight is 268 g/mol. The highest BCUT2D eigenvalue weighted by atomic mass is 16.5. The van der Waals surface area contributed by atoms with E-state index in [9.17, 15) is 4.79 Å². The van der Waals surface area contributed by atoms with Gasteiger partial charge in [-0.05, 0) is 44.4 Å². The molecule has 2 rings (SSSR count). The lowest BCUT2D eigenvalue weighted by molar-refractivity contribution is -0.138. The van der Waals surface area contributed by atoms with Crippen LogP contribution in [-0.2, 0) is 9.53 Å². The average Bonchev–Trinajstić information content (AvgIpc) is 2.42. The number of hydrogen-bond donors (Lipinski definition) is 1. The van der Waals surface area contributed by atoms with Gasteiger partial charge in [-0.25, -0.2) is 0 Å². The van der Waals surface area contributed by atoms with Gasteiger partial charge in [0, 0.05) is 32.2 Å². The van der Waals surface area contributed by atoms with Crippen LogP contribution in [0.25, 0.3) is 0 Å². The minimum Gasteiger partial charge on any atom is -0.376 e. The molecule has 1 saturated heterocycles. The predicted molar refractivity (Wildman–Crippen MR) is 75.7 cm³/mol. The van der Waals surface area contributed by atoms with Gasteiger partial charge in [0.05, 0.1) is 6.10 Å². The molecule has 0 aromatic heterocycles. The second-order valence-corrected chi connectivity index (χ2v) is 6.36. The molecule has 1 amide bonds. The van der Waals surface area contributed by atoms with Gasteiger partial charge in [-0.15, -0.1) is 0 Å². The van der Waals surface area contributed by atoms with Crippen LogP contribution in [-0.4, -0.2) is 43.2 Å². The maximum Gasteiger partial charge on any atom is 0.225 e. The monoisotopic (exact) mass is 268 g/mol. The lowest BCUT2D eigenvalue weighted by Gasteiger charge is -2.34. The van der Waals surface area contributed by atoms with Crippen molar-refractivity contribution in [3.63, 3.8) is 0 Å². The lowest BCUT2D eigenvalue weighted by Crippen LogP contribution is -2.44. The third-order valence-corrected chi connectivity index (χ3v) is 4.74. The summed E-state index contributed by atoms with van der Waals surface area (Å²) in [5.74, 6) is 0.937. The molecule has 1 saturated carbocycles. The Morgan fingerprint density at radius 1 is 1.32 bits per heavy atom. The minimum atomic E-state index is 0.125. The van der Waals surface area contributed by atoms with Crippen LogP contribution in [0.3, 0.4) is 0 Å². The Balaban J connectivity index is 1.81. The van der Waals surface area contributed by atoms with E-state index in [1.165, 1.54) is 6.42 Å². The van der Waals surface area contributed by atoms with Crippen molar-refractivity contribution in [2.45, 2.75) is 57.6 Å². The first-order valence-corrected chi connectivity index (χ1v) is 7.70. The van der Waals surface area contributed by atoms with E-state index >= 15 is 0 Å². The van der Waals surface area contributed by atoms with Gasteiger partial charge in [-0.2, -0.15) is 0 Å². The van der Waals surface area contributed by atoms with Crippen molar-refractivity contribution in [2.75, 3.05) is 20.2 Å². The van der Waals surface area contributed by atoms with Gasteiger partial charge in [0.15, 0.2) is 0 Å². The number of amides is 1. The van der Waals surface area contributed by atoms with E-state index in [4.69, 9.17) is 10.5 Å². The maximum absolute atomic E-state index is 12.4. The number of ether oxygens (including phenoxy) is 1. The van der Waals surface area contributed by atoms with Crippen molar-refractivity contribution in [1.29, 1.82) is 0 Å². The summed E-state index contributed by atoms with van der Waals surface area (Å²) in [6, 6.07) is 0.182. The highest BCUT2D eigenvalue weighted by molar-refractivity contribution is 5.78. The Hall–Kier alpha value is -0.610. The fraction of sp³-hybridized carbons (Fsp3) is 0.933. The van der Waals surface area contributed by atoms with E-state index in [0.717, 1.165) is 45.3 Å². The van der Waals surface area contributed by atoms with E-state index in [1.807, 2.05) is 11.9 Å². The molecule has 110 valence electrons. The summed E-state index contributed by atoms with van der Waals surface area (Å²) in [6.07, 6.45) is 6.60. The summed E-state index contributed by atoms with van der Waals surface area (Å²) < 4.78 is 5.71. The summed E-state index contributed by atoms with van der Waals surface area (Å²) in [4.78, 5) is 14.3. The van der Waals surface area contributed by atoms with Crippen LogP contribution >= 0.6 is 0 Å². The second-order valence-electron chi connectivity index (χ2n) is 6.36. The molecule has 2 aliphatic rings. The maximum atomic E-state index is 12.4. The van der Waals surface area contributed by atoms with Crippen molar-refractivity contribution >= 4 is 5.91 Å². The number of nitrogens with two attached hydrogens (primary N) is 1. The van der Waals surface area contributed by atoms with Gasteiger partial charge >= 0.3 is 0 Å². The molecular formula is C15H28N2O2. The van der Waals surface area contributed by atoms with E-state index in [1.54, 1.807) is 0 Å². The number of nitrogens with zero attached hydrogens (tertiary/aromatic N) is 1. The van der Waals surface area contributed by atoms with E-state index in [2.05, 4.69) is 6.92 Å². The summed E-state index contributed by atoms with van der Waals surface area (Å²) in [5, 5.41) is 0. The standard InChI is InChI=1S/C15H28N2O2/c1-11-6-7-12(9-14(11)16)15(18)17(2)10-13-5-3-4-8-19-13/h11-14H,3-10,16H2,1-2H3. The zero-order valence-electron chi connectivity index (χ0n) is 12.3. The zero-order valence-corrected chi connectivity index (χ0v) is 12.3. The van der Waals surface area contributed by atoms with Crippen LogP contribution in [0.15, 0.2) is 0 Å². The Kier molecular flexibility index (Phi) is 5.22. The fourth-order valence-electron chi connectivity index (χ4n) is 3.24. The predicted octanol–water partition coefficient (Wildman–Crippen LogP) is 1.78. The van der Waals surface area contributed by atoms with Crippen LogP contribution in [0.5, 0.6) is 0 Å². The van der Waals surface area contributed by atoms with E-state index in [-0.39, 0.29) is 24.0 Å². The third kappa shape index (κ3) is 3.93. The van der Waals surface area contributed by atoms with Crippen LogP contribution in [0.1, 0.15) is 45.4 Å². The zero-order chi connectivity index (χ0) is 13.8. The number of hydrogen-bond acceptors (Lipinski definition) is 3. The van der Waals surface area contributed by atoms with Gasteiger partial charge in [0.25, 0.3) is 0 Å². The molecule has 0 bridgehead atoms. The largest absolute Gasteiger partial charge is 0.376 e. The first-order chi connectivity index (χ1) is 9.08. The second kappa shape index (κ2) is 6.71. The highest BCUT2D eigenvalue weighted by Gasteiger charge is 2.31. The van der Waals surface area contributed by atoms with Gasteiger partial charge in [-0.1, -0.05) is 6.92 Å². The van der Waals surface area contributed by atoms with Gasteiger partial charge in [0.1, 0.15) is 0 Å².